The third kappa shape index (κ3) is 4.64. The molecule has 6 heterocycles. The maximum absolute atomic E-state index is 15.8. The number of hydrogen-bond acceptors (Lipinski definition) is 9. The van der Waals surface area contributed by atoms with Crippen molar-refractivity contribution >= 4 is 44.3 Å². The molecule has 210 valence electrons. The molecule has 0 radical (unpaired) electrons. The van der Waals surface area contributed by atoms with E-state index in [1.807, 2.05) is 24.3 Å². The Kier molecular flexibility index (Phi) is 6.76. The zero-order valence-electron chi connectivity index (χ0n) is 22.6. The van der Waals surface area contributed by atoms with Crippen molar-refractivity contribution in [1.29, 1.82) is 0 Å². The number of rotatable bonds is 6. The van der Waals surface area contributed by atoms with Crippen LogP contribution in [0.3, 0.4) is 0 Å². The number of piperidine rings is 1. The summed E-state index contributed by atoms with van der Waals surface area (Å²) in [7, 11) is 1.58. The Hall–Kier alpha value is -4.81. The lowest BCUT2D eigenvalue weighted by Crippen LogP contribution is -2.49. The Morgan fingerprint density at radius 2 is 2.00 bits per heavy atom. The lowest BCUT2D eigenvalue weighted by molar-refractivity contribution is 0.0968. The van der Waals surface area contributed by atoms with E-state index in [1.165, 1.54) is 16.8 Å². The molecular weight excluding hydrogens is 555 g/mol. The quantitative estimate of drug-likeness (QED) is 0.292. The summed E-state index contributed by atoms with van der Waals surface area (Å²) in [5, 5.41) is 12.4. The zero-order valence-corrected chi connectivity index (χ0v) is 23.4. The van der Waals surface area contributed by atoms with Gasteiger partial charge in [0.2, 0.25) is 5.88 Å². The van der Waals surface area contributed by atoms with Gasteiger partial charge in [0.05, 0.1) is 24.4 Å². The van der Waals surface area contributed by atoms with Gasteiger partial charge in [0.1, 0.15) is 17.2 Å². The lowest BCUT2D eigenvalue weighted by Gasteiger charge is -2.34. The topological polar surface area (TPSA) is 111 Å². The predicted octanol–water partition coefficient (Wildman–Crippen LogP) is 5.03. The summed E-state index contributed by atoms with van der Waals surface area (Å²) in [6, 6.07) is 15.5. The SMILES string of the molecule is COc1cc(-c2cc3c(N(C(=O)c4ccc(-n5nnc6cccnc65)cc4F)[C@@H]4CCCNC4)nccc3s2)ccn1. The molecule has 12 heteroatoms. The lowest BCUT2D eigenvalue weighted by atomic mass is 10.0. The molecule has 1 N–H and O–H groups in total. The van der Waals surface area contributed by atoms with Crippen LogP contribution in [0.1, 0.15) is 23.2 Å². The van der Waals surface area contributed by atoms with Crippen molar-refractivity contribution in [3.8, 4) is 22.0 Å². The highest BCUT2D eigenvalue weighted by Crippen LogP contribution is 2.39. The number of benzene rings is 1. The van der Waals surface area contributed by atoms with Crippen LogP contribution in [0, 0.1) is 5.82 Å². The Morgan fingerprint density at radius 1 is 1.10 bits per heavy atom. The molecule has 1 saturated heterocycles. The molecule has 5 aromatic heterocycles. The van der Waals surface area contributed by atoms with Crippen LogP contribution in [-0.4, -0.2) is 62.1 Å². The number of thiophene rings is 1. The third-order valence-electron chi connectivity index (χ3n) is 7.37. The molecule has 42 heavy (non-hydrogen) atoms. The third-order valence-corrected chi connectivity index (χ3v) is 8.52. The van der Waals surface area contributed by atoms with Gasteiger partial charge in [-0.25, -0.2) is 19.3 Å². The first-order valence-electron chi connectivity index (χ1n) is 13.5. The maximum Gasteiger partial charge on any atom is 0.262 e. The molecule has 7 rings (SSSR count). The number of halogens is 1. The number of ether oxygens (including phenoxy) is 1. The summed E-state index contributed by atoms with van der Waals surface area (Å²) in [5.74, 6) is -0.0905. The van der Waals surface area contributed by atoms with Gasteiger partial charge in [-0.2, -0.15) is 4.68 Å². The van der Waals surface area contributed by atoms with Gasteiger partial charge in [0.25, 0.3) is 5.91 Å². The fourth-order valence-corrected chi connectivity index (χ4v) is 6.37. The minimum atomic E-state index is -0.659. The van der Waals surface area contributed by atoms with Crippen molar-refractivity contribution in [2.24, 2.45) is 0 Å². The van der Waals surface area contributed by atoms with Gasteiger partial charge >= 0.3 is 0 Å². The molecule has 1 aliphatic rings. The minimum absolute atomic E-state index is 0.0465. The average molecular weight is 581 g/mol. The molecule has 1 atom stereocenters. The van der Waals surface area contributed by atoms with E-state index in [0.29, 0.717) is 35.1 Å². The fourth-order valence-electron chi connectivity index (χ4n) is 5.32. The number of nitrogens with one attached hydrogen (secondary N) is 1. The van der Waals surface area contributed by atoms with E-state index in [4.69, 9.17) is 4.74 Å². The highest BCUT2D eigenvalue weighted by Gasteiger charge is 2.32. The molecule has 0 aliphatic carbocycles. The van der Waals surface area contributed by atoms with E-state index in [0.717, 1.165) is 39.9 Å². The van der Waals surface area contributed by atoms with Gasteiger partial charge in [0.15, 0.2) is 5.65 Å². The average Bonchev–Trinajstić information content (AvgIpc) is 3.67. The van der Waals surface area contributed by atoms with Crippen molar-refractivity contribution in [3.05, 3.63) is 84.6 Å². The smallest absolute Gasteiger partial charge is 0.262 e. The van der Waals surface area contributed by atoms with E-state index in [2.05, 4.69) is 30.6 Å². The minimum Gasteiger partial charge on any atom is -0.481 e. The first kappa shape index (κ1) is 26.1. The van der Waals surface area contributed by atoms with Crippen molar-refractivity contribution in [3.63, 3.8) is 0 Å². The number of amides is 1. The first-order chi connectivity index (χ1) is 20.6. The van der Waals surface area contributed by atoms with Crippen molar-refractivity contribution < 1.29 is 13.9 Å². The number of nitrogens with zero attached hydrogens (tertiary/aromatic N) is 7. The second-order valence-corrected chi connectivity index (χ2v) is 11.0. The number of carbonyl (C=O) groups excluding carboxylic acids is 1. The van der Waals surface area contributed by atoms with Crippen LogP contribution in [0.5, 0.6) is 5.88 Å². The predicted molar refractivity (Wildman–Crippen MR) is 159 cm³/mol. The Bertz CT molecular complexity index is 1930. The number of carbonyl (C=O) groups is 1. The maximum atomic E-state index is 15.8. The van der Waals surface area contributed by atoms with Crippen LogP contribution in [0.25, 0.3) is 37.4 Å². The van der Waals surface area contributed by atoms with Crippen LogP contribution in [0.15, 0.2) is 73.2 Å². The van der Waals surface area contributed by atoms with Crippen LogP contribution in [-0.2, 0) is 0 Å². The standard InChI is InChI=1S/C30H25FN8O2S/c1-41-27-14-18(8-12-33-27)26-16-22-25(42-26)9-13-35-28(22)38(20-4-2-10-32-17-20)30(40)21-7-6-19(15-23(21)31)39-29-24(36-37-39)5-3-11-34-29/h3,5-9,11-16,20,32H,2,4,10,17H2,1H3/t20-/m1/s1. The Balaban J connectivity index is 1.30. The van der Waals surface area contributed by atoms with E-state index in [-0.39, 0.29) is 11.6 Å². The molecule has 1 aliphatic heterocycles. The molecule has 1 aromatic carbocycles. The molecule has 10 nitrogen and oxygen atoms in total. The molecule has 1 amide bonds. The van der Waals surface area contributed by atoms with E-state index in [9.17, 15) is 4.79 Å². The number of pyridine rings is 3. The molecule has 0 unspecified atom stereocenters. The number of aromatic nitrogens is 6. The van der Waals surface area contributed by atoms with Crippen molar-refractivity contribution in [1.82, 2.24) is 35.3 Å². The van der Waals surface area contributed by atoms with E-state index in [1.54, 1.807) is 60.1 Å². The van der Waals surface area contributed by atoms with Gasteiger partial charge in [-0.05, 0) is 67.4 Å². The number of methoxy groups -OCH3 is 1. The van der Waals surface area contributed by atoms with Crippen molar-refractivity contribution in [2.75, 3.05) is 25.1 Å². The summed E-state index contributed by atoms with van der Waals surface area (Å²) in [6.07, 6.45) is 6.69. The molecule has 0 saturated carbocycles. The highest BCUT2D eigenvalue weighted by atomic mass is 32.1. The van der Waals surface area contributed by atoms with Gasteiger partial charge in [0, 0.05) is 52.2 Å². The molecule has 0 bridgehead atoms. The van der Waals surface area contributed by atoms with Crippen LogP contribution < -0.4 is 15.0 Å². The van der Waals surface area contributed by atoms with Crippen LogP contribution in [0.4, 0.5) is 10.2 Å². The second kappa shape index (κ2) is 10.9. The number of anilines is 1. The van der Waals surface area contributed by atoms with Crippen LogP contribution >= 0.6 is 11.3 Å². The summed E-state index contributed by atoms with van der Waals surface area (Å²) < 4.78 is 23.5. The normalized spacial score (nSPS) is 15.2. The fraction of sp³-hybridized carbons (Fsp3) is 0.200. The van der Waals surface area contributed by atoms with E-state index < -0.39 is 11.7 Å². The van der Waals surface area contributed by atoms with Gasteiger partial charge < -0.3 is 10.1 Å². The molecule has 1 fully saturated rings. The zero-order chi connectivity index (χ0) is 28.6. The van der Waals surface area contributed by atoms with Gasteiger partial charge in [-0.15, -0.1) is 16.4 Å². The summed E-state index contributed by atoms with van der Waals surface area (Å²) in [6.45, 7) is 1.45. The first-order valence-corrected chi connectivity index (χ1v) is 14.3. The number of hydrogen-bond donors (Lipinski definition) is 1. The molecule has 0 spiro atoms. The van der Waals surface area contributed by atoms with Gasteiger partial charge in [-0.1, -0.05) is 5.21 Å². The number of fused-ring (bicyclic) bond motifs is 2. The summed E-state index contributed by atoms with van der Waals surface area (Å²) in [5.41, 5.74) is 2.42. The summed E-state index contributed by atoms with van der Waals surface area (Å²) >= 11 is 1.59. The van der Waals surface area contributed by atoms with Crippen molar-refractivity contribution in [2.45, 2.75) is 18.9 Å². The Labute approximate surface area is 243 Å². The summed E-state index contributed by atoms with van der Waals surface area (Å²) in [4.78, 5) is 30.1. The largest absolute Gasteiger partial charge is 0.481 e. The van der Waals surface area contributed by atoms with Gasteiger partial charge in [-0.3, -0.25) is 9.69 Å². The highest BCUT2D eigenvalue weighted by molar-refractivity contribution is 7.22. The molecular formula is C30H25FN8O2S. The monoisotopic (exact) mass is 580 g/mol. The molecule has 6 aromatic rings. The van der Waals surface area contributed by atoms with Crippen LogP contribution in [0.2, 0.25) is 0 Å². The second-order valence-electron chi connectivity index (χ2n) is 9.93. The van der Waals surface area contributed by atoms with E-state index >= 15 is 4.39 Å². The Morgan fingerprint density at radius 3 is 2.83 bits per heavy atom.